The molecular weight excluding hydrogens is 286 g/mol. The summed E-state index contributed by atoms with van der Waals surface area (Å²) >= 11 is 5.92. The van der Waals surface area contributed by atoms with E-state index >= 15 is 0 Å². The van der Waals surface area contributed by atoms with Gasteiger partial charge in [-0.3, -0.25) is 9.78 Å². The van der Waals surface area contributed by atoms with Gasteiger partial charge in [-0.05, 0) is 36.8 Å². The van der Waals surface area contributed by atoms with Gasteiger partial charge in [0.25, 0.3) is 0 Å². The first-order chi connectivity index (χ1) is 10.1. The van der Waals surface area contributed by atoms with Crippen LogP contribution in [0.2, 0.25) is 5.02 Å². The van der Waals surface area contributed by atoms with E-state index in [0.717, 1.165) is 16.9 Å². The van der Waals surface area contributed by atoms with Gasteiger partial charge < -0.3 is 10.6 Å². The van der Waals surface area contributed by atoms with Crippen LogP contribution in [0.25, 0.3) is 0 Å². The van der Waals surface area contributed by atoms with Gasteiger partial charge >= 0.3 is 0 Å². The number of benzene rings is 1. The number of nitrogens with zero attached hydrogens (tertiary/aromatic N) is 1. The van der Waals surface area contributed by atoms with Gasteiger partial charge in [-0.15, -0.1) is 0 Å². The highest BCUT2D eigenvalue weighted by Gasteiger charge is 2.05. The molecule has 1 heterocycles. The number of aryl methyl sites for hydroxylation is 1. The van der Waals surface area contributed by atoms with Crippen molar-refractivity contribution < 1.29 is 4.79 Å². The first-order valence-corrected chi connectivity index (χ1v) is 7.19. The topological polar surface area (TPSA) is 54.0 Å². The normalized spacial score (nSPS) is 10.4. The number of amides is 1. The van der Waals surface area contributed by atoms with E-state index in [-0.39, 0.29) is 5.91 Å². The smallest absolute Gasteiger partial charge is 0.225 e. The van der Waals surface area contributed by atoms with Gasteiger partial charge in [0.2, 0.25) is 5.91 Å². The Balaban J connectivity index is 1.74. The number of hydrogen-bond donors (Lipinski definition) is 2. The van der Waals surface area contributed by atoms with Gasteiger partial charge in [-0.2, -0.15) is 0 Å². The predicted molar refractivity (Wildman–Crippen MR) is 85.4 cm³/mol. The second-order valence-corrected chi connectivity index (χ2v) is 5.19. The number of pyridine rings is 1. The molecule has 0 spiro atoms. The van der Waals surface area contributed by atoms with E-state index in [9.17, 15) is 4.79 Å². The number of halogens is 1. The molecule has 0 aliphatic carbocycles. The Hall–Kier alpha value is -1.91. The highest BCUT2D eigenvalue weighted by atomic mass is 35.5. The molecule has 0 unspecified atom stereocenters. The van der Waals surface area contributed by atoms with E-state index in [4.69, 9.17) is 11.6 Å². The third-order valence-corrected chi connectivity index (χ3v) is 3.27. The maximum Gasteiger partial charge on any atom is 0.225 e. The molecule has 1 aromatic heterocycles. The van der Waals surface area contributed by atoms with E-state index in [2.05, 4.69) is 15.6 Å². The molecule has 1 aromatic carbocycles. The monoisotopic (exact) mass is 303 g/mol. The van der Waals surface area contributed by atoms with Crippen LogP contribution in [-0.2, 0) is 11.3 Å². The molecule has 21 heavy (non-hydrogen) atoms. The Bertz CT molecular complexity index is 602. The Labute approximate surface area is 129 Å². The van der Waals surface area contributed by atoms with Crippen LogP contribution in [0.4, 0.5) is 5.69 Å². The molecule has 5 heteroatoms. The number of carbonyl (C=O) groups excluding carboxylic acids is 1. The molecule has 2 rings (SSSR count). The maximum absolute atomic E-state index is 11.9. The zero-order valence-electron chi connectivity index (χ0n) is 11.9. The van der Waals surface area contributed by atoms with E-state index in [1.165, 1.54) is 0 Å². The first-order valence-electron chi connectivity index (χ1n) is 6.82. The van der Waals surface area contributed by atoms with Crippen molar-refractivity contribution in [3.05, 3.63) is 58.9 Å². The molecule has 0 fully saturated rings. The summed E-state index contributed by atoms with van der Waals surface area (Å²) in [7, 11) is 0. The molecule has 1 amide bonds. The zero-order valence-corrected chi connectivity index (χ0v) is 12.7. The van der Waals surface area contributed by atoms with Crippen molar-refractivity contribution in [2.45, 2.75) is 19.9 Å². The van der Waals surface area contributed by atoms with Crippen molar-refractivity contribution in [2.75, 3.05) is 11.9 Å². The lowest BCUT2D eigenvalue weighted by molar-refractivity contribution is -0.116. The minimum atomic E-state index is -0.0334. The summed E-state index contributed by atoms with van der Waals surface area (Å²) in [5, 5.41) is 6.68. The lowest BCUT2D eigenvalue weighted by atomic mass is 10.2. The molecule has 0 saturated carbocycles. The molecule has 0 atom stereocenters. The average Bonchev–Trinajstić information content (AvgIpc) is 2.48. The summed E-state index contributed by atoms with van der Waals surface area (Å²) in [6.45, 7) is 3.19. The number of anilines is 1. The van der Waals surface area contributed by atoms with Crippen LogP contribution in [0.5, 0.6) is 0 Å². The van der Waals surface area contributed by atoms with Crippen LogP contribution in [-0.4, -0.2) is 17.4 Å². The zero-order chi connectivity index (χ0) is 15.1. The minimum absolute atomic E-state index is 0.0334. The fourth-order valence-corrected chi connectivity index (χ4v) is 2.03. The standard InChI is InChI=1S/C16H18ClN3O/c1-12-5-6-13(17)10-15(12)20-16(21)7-9-18-11-14-4-2-3-8-19-14/h2-6,8,10,18H,7,9,11H2,1H3,(H,20,21). The summed E-state index contributed by atoms with van der Waals surface area (Å²) in [5.74, 6) is -0.0334. The second kappa shape index (κ2) is 7.76. The lowest BCUT2D eigenvalue weighted by Crippen LogP contribution is -2.22. The summed E-state index contributed by atoms with van der Waals surface area (Å²) in [4.78, 5) is 16.1. The summed E-state index contributed by atoms with van der Waals surface area (Å²) in [5.41, 5.74) is 2.72. The third-order valence-electron chi connectivity index (χ3n) is 3.03. The van der Waals surface area contributed by atoms with Crippen molar-refractivity contribution in [3.63, 3.8) is 0 Å². The van der Waals surface area contributed by atoms with E-state index in [0.29, 0.717) is 24.5 Å². The van der Waals surface area contributed by atoms with E-state index in [1.807, 2.05) is 31.2 Å². The summed E-state index contributed by atoms with van der Waals surface area (Å²) < 4.78 is 0. The predicted octanol–water partition coefficient (Wildman–Crippen LogP) is 3.16. The van der Waals surface area contributed by atoms with Crippen LogP contribution >= 0.6 is 11.6 Å². The van der Waals surface area contributed by atoms with Gasteiger partial charge in [0.05, 0.1) is 5.69 Å². The molecule has 0 saturated heterocycles. The average molecular weight is 304 g/mol. The van der Waals surface area contributed by atoms with E-state index < -0.39 is 0 Å². The highest BCUT2D eigenvalue weighted by Crippen LogP contribution is 2.20. The lowest BCUT2D eigenvalue weighted by Gasteiger charge is -2.09. The fourth-order valence-electron chi connectivity index (χ4n) is 1.86. The number of rotatable bonds is 6. The van der Waals surface area contributed by atoms with Crippen molar-refractivity contribution >= 4 is 23.2 Å². The number of carbonyl (C=O) groups is 1. The van der Waals surface area contributed by atoms with Gasteiger partial charge in [-0.25, -0.2) is 0 Å². The molecule has 4 nitrogen and oxygen atoms in total. The molecule has 0 aliphatic rings. The van der Waals surface area contributed by atoms with Crippen LogP contribution in [0.15, 0.2) is 42.6 Å². The van der Waals surface area contributed by atoms with Crippen molar-refractivity contribution in [1.82, 2.24) is 10.3 Å². The third kappa shape index (κ3) is 5.17. The van der Waals surface area contributed by atoms with Gasteiger partial charge in [-0.1, -0.05) is 23.7 Å². The highest BCUT2D eigenvalue weighted by molar-refractivity contribution is 6.31. The van der Waals surface area contributed by atoms with Crippen LogP contribution in [0, 0.1) is 6.92 Å². The molecule has 2 N–H and O–H groups in total. The maximum atomic E-state index is 11.9. The van der Waals surface area contributed by atoms with Crippen LogP contribution in [0.3, 0.4) is 0 Å². The molecule has 0 aliphatic heterocycles. The van der Waals surface area contributed by atoms with Gasteiger partial charge in [0.15, 0.2) is 0 Å². The molecule has 0 bridgehead atoms. The SMILES string of the molecule is Cc1ccc(Cl)cc1NC(=O)CCNCc1ccccn1. The van der Waals surface area contributed by atoms with Crippen molar-refractivity contribution in [1.29, 1.82) is 0 Å². The Kier molecular flexibility index (Phi) is 5.72. The van der Waals surface area contributed by atoms with Crippen LogP contribution < -0.4 is 10.6 Å². The molecule has 110 valence electrons. The number of aromatic nitrogens is 1. The van der Waals surface area contributed by atoms with Crippen molar-refractivity contribution in [2.24, 2.45) is 0 Å². The fraction of sp³-hybridized carbons (Fsp3) is 0.250. The molecule has 0 radical (unpaired) electrons. The number of hydrogen-bond acceptors (Lipinski definition) is 3. The van der Waals surface area contributed by atoms with Crippen LogP contribution in [0.1, 0.15) is 17.7 Å². The Morgan fingerprint density at radius 2 is 2.14 bits per heavy atom. The second-order valence-electron chi connectivity index (χ2n) is 4.76. The summed E-state index contributed by atoms with van der Waals surface area (Å²) in [6.07, 6.45) is 2.16. The first kappa shape index (κ1) is 15.5. The molecular formula is C16H18ClN3O. The minimum Gasteiger partial charge on any atom is -0.326 e. The van der Waals surface area contributed by atoms with Gasteiger partial charge in [0.1, 0.15) is 0 Å². The Morgan fingerprint density at radius 3 is 2.90 bits per heavy atom. The molecule has 2 aromatic rings. The number of nitrogens with one attached hydrogen (secondary N) is 2. The van der Waals surface area contributed by atoms with E-state index in [1.54, 1.807) is 18.3 Å². The Morgan fingerprint density at radius 1 is 1.29 bits per heavy atom. The quantitative estimate of drug-likeness (QED) is 0.806. The van der Waals surface area contributed by atoms with Crippen molar-refractivity contribution in [3.8, 4) is 0 Å². The largest absolute Gasteiger partial charge is 0.326 e. The van der Waals surface area contributed by atoms with Gasteiger partial charge in [0, 0.05) is 36.4 Å². The summed E-state index contributed by atoms with van der Waals surface area (Å²) in [6, 6.07) is 11.2.